The fourth-order valence-corrected chi connectivity index (χ4v) is 1.46. The molecule has 0 bridgehead atoms. The minimum atomic E-state index is -0.265. The monoisotopic (exact) mass is 203 g/mol. The molecule has 1 aromatic heterocycles. The fourth-order valence-electron chi connectivity index (χ4n) is 1.46. The lowest BCUT2D eigenvalue weighted by Crippen LogP contribution is -2.18. The zero-order valence-corrected chi connectivity index (χ0v) is 8.12. The van der Waals surface area contributed by atoms with E-state index >= 15 is 0 Å². The summed E-state index contributed by atoms with van der Waals surface area (Å²) in [6, 6.07) is 10.3. The lowest BCUT2D eigenvalue weighted by molar-refractivity contribution is 0.607. The number of nitrogens with zero attached hydrogens (tertiary/aromatic N) is 3. The minimum Gasteiger partial charge on any atom is -0.267 e. The van der Waals surface area contributed by atoms with E-state index in [1.165, 1.54) is 10.7 Å². The van der Waals surface area contributed by atoms with Gasteiger partial charge < -0.3 is 0 Å². The van der Waals surface area contributed by atoms with Gasteiger partial charge in [0.1, 0.15) is 0 Å². The van der Waals surface area contributed by atoms with E-state index in [1.54, 1.807) is 31.2 Å². The predicted octanol–water partition coefficient (Wildman–Crippen LogP) is 1.48. The Morgan fingerprint density at radius 1 is 1.20 bits per heavy atom. The second kappa shape index (κ2) is 3.53. The van der Waals surface area contributed by atoms with Crippen molar-refractivity contribution in [3.05, 3.63) is 57.4 Å². The molecule has 15 heavy (non-hydrogen) atoms. The van der Waals surface area contributed by atoms with Gasteiger partial charge in [0.2, 0.25) is 0 Å². The van der Waals surface area contributed by atoms with Crippen molar-refractivity contribution >= 4 is 0 Å². The number of aryl methyl sites for hydroxylation is 1. The van der Waals surface area contributed by atoms with Crippen LogP contribution in [0.5, 0.6) is 0 Å². The molecule has 0 aliphatic heterocycles. The highest BCUT2D eigenvalue weighted by Crippen LogP contribution is 2.06. The second-order valence-electron chi connectivity index (χ2n) is 3.14. The van der Waals surface area contributed by atoms with E-state index in [4.69, 9.17) is 0 Å². The number of rotatable bonds is 2. The van der Waals surface area contributed by atoms with Gasteiger partial charge in [-0.15, -0.1) is 9.70 Å². The van der Waals surface area contributed by atoms with Crippen LogP contribution in [0.25, 0.3) is 5.69 Å². The molecule has 2 rings (SSSR count). The van der Waals surface area contributed by atoms with Gasteiger partial charge in [0.15, 0.2) is 0 Å². The van der Waals surface area contributed by atoms with Crippen molar-refractivity contribution in [3.63, 3.8) is 0 Å². The largest absolute Gasteiger partial charge is 0.273 e. The molecule has 0 amide bonds. The van der Waals surface area contributed by atoms with Gasteiger partial charge in [-0.25, -0.2) is 0 Å². The molecule has 76 valence electrons. The molecule has 0 saturated heterocycles. The van der Waals surface area contributed by atoms with Crippen LogP contribution in [0.2, 0.25) is 0 Å². The molecule has 0 aliphatic rings. The SMILES string of the molecule is Cc1cc(=O)n(-c2ccccc2)n1N=O. The highest BCUT2D eigenvalue weighted by Gasteiger charge is 2.09. The molecule has 0 radical (unpaired) electrons. The number of aromatic nitrogens is 2. The molecule has 0 atom stereocenters. The highest BCUT2D eigenvalue weighted by atomic mass is 16.3. The summed E-state index contributed by atoms with van der Waals surface area (Å²) in [6.45, 7) is 1.66. The second-order valence-corrected chi connectivity index (χ2v) is 3.14. The summed E-state index contributed by atoms with van der Waals surface area (Å²) in [5.41, 5.74) is 0.868. The summed E-state index contributed by atoms with van der Waals surface area (Å²) in [5, 5.41) is 2.80. The van der Waals surface area contributed by atoms with E-state index in [0.717, 1.165) is 4.79 Å². The number of hydrogen-bond acceptors (Lipinski definition) is 3. The summed E-state index contributed by atoms with van der Waals surface area (Å²) in [6.07, 6.45) is 0. The van der Waals surface area contributed by atoms with E-state index in [2.05, 4.69) is 5.29 Å². The van der Waals surface area contributed by atoms with Gasteiger partial charge in [-0.3, -0.25) is 4.79 Å². The molecule has 5 heteroatoms. The summed E-state index contributed by atoms with van der Waals surface area (Å²) < 4.78 is 1.22. The molecule has 0 spiro atoms. The molecule has 1 aromatic carbocycles. The molecular formula is C10H9N3O2. The standard InChI is InChI=1S/C10H9N3O2/c1-8-7-10(14)12(13(8)11-15)9-5-3-2-4-6-9/h2-7H,1H3. The van der Waals surface area contributed by atoms with Crippen molar-refractivity contribution in [2.24, 2.45) is 5.29 Å². The molecule has 2 aromatic rings. The van der Waals surface area contributed by atoms with Gasteiger partial charge in [0.25, 0.3) is 5.56 Å². The Morgan fingerprint density at radius 3 is 2.47 bits per heavy atom. The topological polar surface area (TPSA) is 56.4 Å². The number of nitroso groups, excluding NO2 is 1. The summed E-state index contributed by atoms with van der Waals surface area (Å²) >= 11 is 0. The summed E-state index contributed by atoms with van der Waals surface area (Å²) in [4.78, 5) is 23.2. The van der Waals surface area contributed by atoms with Gasteiger partial charge >= 0.3 is 0 Å². The molecule has 0 unspecified atom stereocenters. The zero-order valence-electron chi connectivity index (χ0n) is 8.12. The molecule has 0 saturated carbocycles. The van der Waals surface area contributed by atoms with Crippen molar-refractivity contribution in [3.8, 4) is 5.69 Å². The van der Waals surface area contributed by atoms with Crippen LogP contribution < -0.4 is 5.56 Å². The first-order valence-corrected chi connectivity index (χ1v) is 4.45. The molecule has 0 N–H and O–H groups in total. The van der Waals surface area contributed by atoms with Crippen LogP contribution in [0, 0.1) is 11.8 Å². The van der Waals surface area contributed by atoms with Crippen LogP contribution >= 0.6 is 0 Å². The summed E-state index contributed by atoms with van der Waals surface area (Å²) in [7, 11) is 0. The third kappa shape index (κ3) is 1.48. The van der Waals surface area contributed by atoms with Crippen molar-refractivity contribution in [2.45, 2.75) is 6.92 Å². The fraction of sp³-hybridized carbons (Fsp3) is 0.100. The van der Waals surface area contributed by atoms with Crippen molar-refractivity contribution in [1.82, 2.24) is 9.47 Å². The maximum Gasteiger partial charge on any atom is 0.273 e. The molecule has 0 fully saturated rings. The van der Waals surface area contributed by atoms with E-state index in [0.29, 0.717) is 11.4 Å². The lowest BCUT2D eigenvalue weighted by atomic mass is 10.3. The number of benzene rings is 1. The average molecular weight is 203 g/mol. The normalized spacial score (nSPS) is 10.2. The average Bonchev–Trinajstić information content (AvgIpc) is 2.54. The van der Waals surface area contributed by atoms with Crippen LogP contribution in [0.3, 0.4) is 0 Å². The number of para-hydroxylation sites is 1. The van der Waals surface area contributed by atoms with Crippen LogP contribution in [-0.4, -0.2) is 9.47 Å². The van der Waals surface area contributed by atoms with Crippen LogP contribution in [0.1, 0.15) is 5.69 Å². The Kier molecular flexibility index (Phi) is 2.21. The van der Waals surface area contributed by atoms with Gasteiger partial charge in [0, 0.05) is 6.07 Å². The first-order valence-electron chi connectivity index (χ1n) is 4.45. The third-order valence-corrected chi connectivity index (χ3v) is 2.12. The van der Waals surface area contributed by atoms with E-state index in [-0.39, 0.29) is 5.56 Å². The van der Waals surface area contributed by atoms with Crippen molar-refractivity contribution in [2.75, 3.05) is 0 Å². The molecule has 5 nitrogen and oxygen atoms in total. The highest BCUT2D eigenvalue weighted by molar-refractivity contribution is 5.30. The quantitative estimate of drug-likeness (QED) is 0.694. The van der Waals surface area contributed by atoms with E-state index < -0.39 is 0 Å². The smallest absolute Gasteiger partial charge is 0.267 e. The summed E-state index contributed by atoms with van der Waals surface area (Å²) in [5.74, 6) is 0. The molecule has 0 aliphatic carbocycles. The van der Waals surface area contributed by atoms with E-state index in [1.807, 2.05) is 6.07 Å². The Hall–Kier alpha value is -2.17. The third-order valence-electron chi connectivity index (χ3n) is 2.12. The van der Waals surface area contributed by atoms with Gasteiger partial charge in [-0.2, -0.15) is 4.68 Å². The number of hydrogen-bond donors (Lipinski definition) is 0. The predicted molar refractivity (Wildman–Crippen MR) is 56.0 cm³/mol. The van der Waals surface area contributed by atoms with Crippen molar-refractivity contribution in [1.29, 1.82) is 0 Å². The first kappa shape index (κ1) is 9.39. The Labute approximate surface area is 85.5 Å². The van der Waals surface area contributed by atoms with Crippen LogP contribution in [-0.2, 0) is 0 Å². The van der Waals surface area contributed by atoms with E-state index in [9.17, 15) is 9.70 Å². The first-order chi connectivity index (χ1) is 7.24. The zero-order chi connectivity index (χ0) is 10.8. The molecule has 1 heterocycles. The Balaban J connectivity index is 2.73. The lowest BCUT2D eigenvalue weighted by Gasteiger charge is -2.04. The maximum absolute atomic E-state index is 11.6. The van der Waals surface area contributed by atoms with Gasteiger partial charge in [-0.1, -0.05) is 18.2 Å². The van der Waals surface area contributed by atoms with Gasteiger partial charge in [0.05, 0.1) is 16.7 Å². The van der Waals surface area contributed by atoms with Gasteiger partial charge in [-0.05, 0) is 19.1 Å². The Morgan fingerprint density at radius 2 is 1.87 bits per heavy atom. The van der Waals surface area contributed by atoms with Crippen molar-refractivity contribution < 1.29 is 0 Å². The van der Waals surface area contributed by atoms with Crippen LogP contribution in [0.15, 0.2) is 46.5 Å². The Bertz CT molecular complexity index is 540. The molecular weight excluding hydrogens is 194 g/mol. The minimum absolute atomic E-state index is 0.265. The van der Waals surface area contributed by atoms with Crippen LogP contribution in [0.4, 0.5) is 0 Å². The maximum atomic E-state index is 11.6.